The van der Waals surface area contributed by atoms with Crippen LogP contribution < -0.4 is 14.4 Å². The fourth-order valence-corrected chi connectivity index (χ4v) is 4.41. The minimum atomic E-state index is 0.325. The first-order chi connectivity index (χ1) is 14.8. The summed E-state index contributed by atoms with van der Waals surface area (Å²) >= 11 is 0. The molecule has 2 aromatic carbocycles. The van der Waals surface area contributed by atoms with Crippen LogP contribution >= 0.6 is 0 Å². The van der Waals surface area contributed by atoms with E-state index >= 15 is 0 Å². The predicted octanol–water partition coefficient (Wildman–Crippen LogP) is 3.76. The van der Waals surface area contributed by atoms with Crippen LogP contribution in [0, 0.1) is 0 Å². The number of hydrogen-bond donors (Lipinski definition) is 0. The number of piperidine rings is 1. The van der Waals surface area contributed by atoms with Crippen LogP contribution in [-0.2, 0) is 13.1 Å². The van der Waals surface area contributed by atoms with Gasteiger partial charge in [0.25, 0.3) is 0 Å². The van der Waals surface area contributed by atoms with Crippen molar-refractivity contribution >= 4 is 5.69 Å². The lowest BCUT2D eigenvalue weighted by molar-refractivity contribution is 0.174. The van der Waals surface area contributed by atoms with Gasteiger partial charge in [0.15, 0.2) is 11.5 Å². The Morgan fingerprint density at radius 1 is 1.03 bits per heavy atom. The molecule has 5 rings (SSSR count). The SMILES string of the molecule is CN(Cc1nccn1Cc1ccccc1)C1CCN(c2ccc3c(c2)OCO3)CC1. The number of nitrogens with zero attached hydrogens (tertiary/aromatic N) is 4. The van der Waals surface area contributed by atoms with E-state index in [0.29, 0.717) is 12.8 Å². The molecule has 1 fully saturated rings. The number of rotatable bonds is 6. The third kappa shape index (κ3) is 4.00. The Morgan fingerprint density at radius 2 is 1.83 bits per heavy atom. The third-order valence-electron chi connectivity index (χ3n) is 6.20. The molecule has 0 spiro atoms. The standard InChI is InChI=1S/C24H28N4O2/c1-26(17-24-25-11-14-28(24)16-19-5-3-2-4-6-19)20-9-12-27(13-10-20)21-7-8-22-23(15-21)30-18-29-22/h2-8,11,14-15,20H,9-10,12-13,16-18H2,1H3. The van der Waals surface area contributed by atoms with Crippen molar-refractivity contribution in [3.63, 3.8) is 0 Å². The monoisotopic (exact) mass is 404 g/mol. The highest BCUT2D eigenvalue weighted by Gasteiger charge is 2.25. The Bertz CT molecular complexity index is 980. The lowest BCUT2D eigenvalue weighted by Gasteiger charge is -2.37. The van der Waals surface area contributed by atoms with Gasteiger partial charge in [-0.3, -0.25) is 4.90 Å². The Labute approximate surface area is 177 Å². The fourth-order valence-electron chi connectivity index (χ4n) is 4.41. The summed E-state index contributed by atoms with van der Waals surface area (Å²) in [5.74, 6) is 2.83. The van der Waals surface area contributed by atoms with Crippen molar-refractivity contribution in [3.8, 4) is 11.5 Å². The Morgan fingerprint density at radius 3 is 2.67 bits per heavy atom. The molecule has 0 bridgehead atoms. The molecule has 0 amide bonds. The van der Waals surface area contributed by atoms with Gasteiger partial charge in [0.2, 0.25) is 6.79 Å². The molecule has 0 atom stereocenters. The zero-order chi connectivity index (χ0) is 20.3. The summed E-state index contributed by atoms with van der Waals surface area (Å²) in [4.78, 5) is 9.53. The number of ether oxygens (including phenoxy) is 2. The van der Waals surface area contributed by atoms with Crippen molar-refractivity contribution in [1.29, 1.82) is 0 Å². The zero-order valence-corrected chi connectivity index (χ0v) is 17.4. The van der Waals surface area contributed by atoms with E-state index in [-0.39, 0.29) is 0 Å². The van der Waals surface area contributed by atoms with Crippen molar-refractivity contribution in [3.05, 3.63) is 72.3 Å². The van der Waals surface area contributed by atoms with E-state index in [1.54, 1.807) is 0 Å². The summed E-state index contributed by atoms with van der Waals surface area (Å²) in [6, 6.07) is 17.4. The fraction of sp³-hybridized carbons (Fsp3) is 0.375. The molecule has 0 unspecified atom stereocenters. The van der Waals surface area contributed by atoms with Crippen LogP contribution in [0.3, 0.4) is 0 Å². The topological polar surface area (TPSA) is 42.8 Å². The average Bonchev–Trinajstić information content (AvgIpc) is 3.43. The van der Waals surface area contributed by atoms with Gasteiger partial charge in [-0.1, -0.05) is 30.3 Å². The normalized spacial score (nSPS) is 16.4. The van der Waals surface area contributed by atoms with E-state index in [1.807, 2.05) is 12.3 Å². The maximum Gasteiger partial charge on any atom is 0.231 e. The molecule has 0 N–H and O–H groups in total. The smallest absolute Gasteiger partial charge is 0.231 e. The van der Waals surface area contributed by atoms with Crippen molar-refractivity contribution in [1.82, 2.24) is 14.5 Å². The second-order valence-corrected chi connectivity index (χ2v) is 8.13. The summed E-state index contributed by atoms with van der Waals surface area (Å²) in [5.41, 5.74) is 2.52. The highest BCUT2D eigenvalue weighted by molar-refractivity contribution is 5.57. The van der Waals surface area contributed by atoms with E-state index < -0.39 is 0 Å². The molecular weight excluding hydrogens is 376 g/mol. The summed E-state index contributed by atoms with van der Waals surface area (Å²) in [5, 5.41) is 0. The second-order valence-electron chi connectivity index (χ2n) is 8.13. The molecular formula is C24H28N4O2. The first-order valence-corrected chi connectivity index (χ1v) is 10.6. The molecule has 156 valence electrons. The molecule has 6 nitrogen and oxygen atoms in total. The maximum atomic E-state index is 5.54. The number of aromatic nitrogens is 2. The average molecular weight is 405 g/mol. The van der Waals surface area contributed by atoms with Crippen molar-refractivity contribution in [2.24, 2.45) is 0 Å². The molecule has 2 aliphatic heterocycles. The maximum absolute atomic E-state index is 5.54. The minimum absolute atomic E-state index is 0.325. The van der Waals surface area contributed by atoms with Crippen LogP contribution in [0.5, 0.6) is 11.5 Å². The highest BCUT2D eigenvalue weighted by atomic mass is 16.7. The Balaban J connectivity index is 1.18. The van der Waals surface area contributed by atoms with Crippen LogP contribution in [0.25, 0.3) is 0 Å². The summed E-state index contributed by atoms with van der Waals surface area (Å²) < 4.78 is 13.2. The molecule has 3 heterocycles. The molecule has 0 radical (unpaired) electrons. The molecule has 3 aromatic rings. The van der Waals surface area contributed by atoms with Crippen molar-refractivity contribution < 1.29 is 9.47 Å². The quantitative estimate of drug-likeness (QED) is 0.626. The van der Waals surface area contributed by atoms with Crippen LogP contribution in [0.2, 0.25) is 0 Å². The molecule has 30 heavy (non-hydrogen) atoms. The first kappa shape index (κ1) is 19.0. The molecule has 0 saturated carbocycles. The van der Waals surface area contributed by atoms with Gasteiger partial charge < -0.3 is 18.9 Å². The summed E-state index contributed by atoms with van der Waals surface area (Å²) in [6.45, 7) is 4.16. The van der Waals surface area contributed by atoms with Gasteiger partial charge in [0.1, 0.15) is 5.82 Å². The summed E-state index contributed by atoms with van der Waals surface area (Å²) in [6.07, 6.45) is 6.28. The van der Waals surface area contributed by atoms with E-state index in [1.165, 1.54) is 11.3 Å². The Kier molecular flexibility index (Phi) is 5.32. The molecule has 1 aromatic heterocycles. The molecule has 0 aliphatic carbocycles. The lowest BCUT2D eigenvalue weighted by atomic mass is 10.0. The highest BCUT2D eigenvalue weighted by Crippen LogP contribution is 2.36. The van der Waals surface area contributed by atoms with Gasteiger partial charge in [-0.25, -0.2) is 4.98 Å². The number of hydrogen-bond acceptors (Lipinski definition) is 5. The second kappa shape index (κ2) is 8.40. The van der Waals surface area contributed by atoms with Gasteiger partial charge in [0, 0.05) is 49.8 Å². The molecule has 2 aliphatic rings. The van der Waals surface area contributed by atoms with Gasteiger partial charge in [-0.05, 0) is 37.6 Å². The van der Waals surface area contributed by atoms with Gasteiger partial charge in [-0.15, -0.1) is 0 Å². The summed E-state index contributed by atoms with van der Waals surface area (Å²) in [7, 11) is 2.22. The van der Waals surface area contributed by atoms with Gasteiger partial charge in [0.05, 0.1) is 6.54 Å². The molecule has 1 saturated heterocycles. The number of fused-ring (bicyclic) bond motifs is 1. The predicted molar refractivity (Wildman–Crippen MR) is 117 cm³/mol. The van der Waals surface area contributed by atoms with E-state index in [9.17, 15) is 0 Å². The van der Waals surface area contributed by atoms with Crippen molar-refractivity contribution in [2.75, 3.05) is 31.8 Å². The number of imidazole rings is 1. The zero-order valence-electron chi connectivity index (χ0n) is 17.4. The number of anilines is 1. The van der Waals surface area contributed by atoms with E-state index in [4.69, 9.17) is 9.47 Å². The van der Waals surface area contributed by atoms with Crippen LogP contribution in [-0.4, -0.2) is 47.4 Å². The van der Waals surface area contributed by atoms with Gasteiger partial charge in [-0.2, -0.15) is 0 Å². The number of benzene rings is 2. The largest absolute Gasteiger partial charge is 0.454 e. The van der Waals surface area contributed by atoms with E-state index in [0.717, 1.165) is 56.3 Å². The minimum Gasteiger partial charge on any atom is -0.454 e. The Hall–Kier alpha value is -2.99. The van der Waals surface area contributed by atoms with Crippen molar-refractivity contribution in [2.45, 2.75) is 32.0 Å². The third-order valence-corrected chi connectivity index (χ3v) is 6.20. The lowest BCUT2D eigenvalue weighted by Crippen LogP contribution is -2.43. The van der Waals surface area contributed by atoms with Gasteiger partial charge >= 0.3 is 0 Å². The van der Waals surface area contributed by atoms with Crippen LogP contribution in [0.1, 0.15) is 24.2 Å². The van der Waals surface area contributed by atoms with Crippen LogP contribution in [0.4, 0.5) is 5.69 Å². The van der Waals surface area contributed by atoms with Crippen LogP contribution in [0.15, 0.2) is 60.9 Å². The van der Waals surface area contributed by atoms with E-state index in [2.05, 4.69) is 75.1 Å². The molecule has 6 heteroatoms. The first-order valence-electron chi connectivity index (χ1n) is 10.6.